The van der Waals surface area contributed by atoms with Gasteiger partial charge in [0, 0.05) is 0 Å². The molecule has 60 valence electrons. The lowest BCUT2D eigenvalue weighted by Crippen LogP contribution is -2.15. The number of hydrogen-bond acceptors (Lipinski definition) is 3. The van der Waals surface area contributed by atoms with Crippen molar-refractivity contribution in [2.45, 2.75) is 19.3 Å². The van der Waals surface area contributed by atoms with Gasteiger partial charge in [0.1, 0.15) is 4.99 Å². The van der Waals surface area contributed by atoms with E-state index in [0.29, 0.717) is 4.99 Å². The van der Waals surface area contributed by atoms with Gasteiger partial charge in [-0.3, -0.25) is 10.7 Å². The van der Waals surface area contributed by atoms with Crippen molar-refractivity contribution in [3.8, 4) is 0 Å². The second kappa shape index (κ2) is 7.31. The zero-order chi connectivity index (χ0) is 7.82. The van der Waals surface area contributed by atoms with Crippen LogP contribution in [-0.4, -0.2) is 22.2 Å². The van der Waals surface area contributed by atoms with Gasteiger partial charge in [-0.2, -0.15) is 11.8 Å². The number of thiocarbonyl (C=S) groups is 1. The number of nitrogens with one attached hydrogen (secondary N) is 1. The maximum atomic E-state index is 8.29. The van der Waals surface area contributed by atoms with E-state index in [1.165, 1.54) is 12.2 Å². The molecule has 0 atom stereocenters. The van der Waals surface area contributed by atoms with E-state index in [9.17, 15) is 0 Å². The van der Waals surface area contributed by atoms with Gasteiger partial charge < -0.3 is 0 Å². The van der Waals surface area contributed by atoms with Crippen LogP contribution >= 0.6 is 24.0 Å². The number of rotatable bonds is 5. The Bertz CT molecular complexity index is 97.7. The fourth-order valence-corrected chi connectivity index (χ4v) is 1.22. The van der Waals surface area contributed by atoms with Crippen molar-refractivity contribution in [3.05, 3.63) is 0 Å². The Kier molecular flexibility index (Phi) is 7.45. The van der Waals surface area contributed by atoms with Crippen molar-refractivity contribution in [2.24, 2.45) is 0 Å². The summed E-state index contributed by atoms with van der Waals surface area (Å²) < 4.78 is 0. The molecule has 0 heterocycles. The molecule has 0 unspecified atom stereocenters. The summed E-state index contributed by atoms with van der Waals surface area (Å²) in [6.45, 7) is 0. The monoisotopic (exact) mass is 179 g/mol. The molecule has 0 amide bonds. The smallest absolute Gasteiger partial charge is 0.100 e. The standard InChI is InChI=1S/C6H13NOS2/c1-10-5-3-2-4-6(9)7-8/h8H,2-5H2,1H3,(H,7,9). The van der Waals surface area contributed by atoms with Crippen LogP contribution in [0.5, 0.6) is 0 Å². The average molecular weight is 179 g/mol. The minimum absolute atomic E-state index is 0.543. The summed E-state index contributed by atoms with van der Waals surface area (Å²) in [7, 11) is 0. The maximum absolute atomic E-state index is 8.29. The SMILES string of the molecule is CSCCCCC(=S)NO. The Labute approximate surface area is 71.3 Å². The lowest BCUT2D eigenvalue weighted by molar-refractivity contribution is 0.234. The van der Waals surface area contributed by atoms with Gasteiger partial charge >= 0.3 is 0 Å². The molecule has 0 saturated heterocycles. The zero-order valence-electron chi connectivity index (χ0n) is 6.09. The maximum Gasteiger partial charge on any atom is 0.100 e. The fraction of sp³-hybridized carbons (Fsp3) is 0.833. The molecule has 0 fully saturated rings. The third-order valence-electron chi connectivity index (χ3n) is 1.13. The van der Waals surface area contributed by atoms with Gasteiger partial charge in [0.2, 0.25) is 0 Å². The summed E-state index contributed by atoms with van der Waals surface area (Å²) in [5.74, 6) is 1.17. The molecule has 0 saturated carbocycles. The highest BCUT2D eigenvalue weighted by Crippen LogP contribution is 2.02. The predicted octanol–water partition coefficient (Wildman–Crippen LogP) is 1.83. The van der Waals surface area contributed by atoms with Crippen molar-refractivity contribution in [1.29, 1.82) is 0 Å². The molecule has 0 aromatic carbocycles. The van der Waals surface area contributed by atoms with Crippen LogP contribution in [0.3, 0.4) is 0 Å². The van der Waals surface area contributed by atoms with Gasteiger partial charge in [-0.1, -0.05) is 12.2 Å². The van der Waals surface area contributed by atoms with Crippen LogP contribution in [0.25, 0.3) is 0 Å². The molecule has 10 heavy (non-hydrogen) atoms. The molecule has 0 rings (SSSR count). The Morgan fingerprint density at radius 3 is 2.80 bits per heavy atom. The highest BCUT2D eigenvalue weighted by molar-refractivity contribution is 7.98. The third-order valence-corrected chi connectivity index (χ3v) is 2.12. The summed E-state index contributed by atoms with van der Waals surface area (Å²) in [4.78, 5) is 0.543. The third kappa shape index (κ3) is 6.32. The quantitative estimate of drug-likeness (QED) is 0.383. The summed E-state index contributed by atoms with van der Waals surface area (Å²) in [6.07, 6.45) is 5.12. The molecular weight excluding hydrogens is 166 g/mol. The van der Waals surface area contributed by atoms with Crippen LogP contribution in [0.1, 0.15) is 19.3 Å². The van der Waals surface area contributed by atoms with Crippen LogP contribution in [-0.2, 0) is 0 Å². The van der Waals surface area contributed by atoms with Crippen molar-refractivity contribution in [2.75, 3.05) is 12.0 Å². The van der Waals surface area contributed by atoms with E-state index >= 15 is 0 Å². The Hall–Kier alpha value is 0.200. The second-order valence-corrected chi connectivity index (χ2v) is 3.46. The Morgan fingerprint density at radius 2 is 2.30 bits per heavy atom. The van der Waals surface area contributed by atoms with E-state index in [4.69, 9.17) is 17.4 Å². The first kappa shape index (κ1) is 10.2. The highest BCUT2D eigenvalue weighted by Gasteiger charge is 1.92. The van der Waals surface area contributed by atoms with E-state index in [-0.39, 0.29) is 0 Å². The van der Waals surface area contributed by atoms with Crippen LogP contribution < -0.4 is 5.48 Å². The van der Waals surface area contributed by atoms with Gasteiger partial charge in [-0.05, 0) is 31.3 Å². The van der Waals surface area contributed by atoms with Crippen LogP contribution in [0.2, 0.25) is 0 Å². The summed E-state index contributed by atoms with van der Waals surface area (Å²) >= 11 is 6.57. The molecule has 2 nitrogen and oxygen atoms in total. The molecule has 0 bridgehead atoms. The summed E-state index contributed by atoms with van der Waals surface area (Å²) in [5, 5.41) is 8.29. The molecule has 2 N–H and O–H groups in total. The van der Waals surface area contributed by atoms with E-state index in [1.807, 2.05) is 17.2 Å². The minimum atomic E-state index is 0.543. The minimum Gasteiger partial charge on any atom is -0.291 e. The molecule has 0 aliphatic heterocycles. The van der Waals surface area contributed by atoms with Gasteiger partial charge in [-0.15, -0.1) is 0 Å². The normalized spacial score (nSPS) is 9.40. The number of hydroxylamine groups is 1. The average Bonchev–Trinajstić information content (AvgIpc) is 1.98. The van der Waals surface area contributed by atoms with Gasteiger partial charge in [-0.25, -0.2) is 0 Å². The van der Waals surface area contributed by atoms with Crippen LogP contribution in [0.15, 0.2) is 0 Å². The van der Waals surface area contributed by atoms with Crippen LogP contribution in [0, 0.1) is 0 Å². The zero-order valence-corrected chi connectivity index (χ0v) is 7.73. The first-order chi connectivity index (χ1) is 4.81. The molecule has 0 aliphatic rings. The molecule has 0 aromatic rings. The van der Waals surface area contributed by atoms with Crippen molar-refractivity contribution >= 4 is 29.0 Å². The predicted molar refractivity (Wildman–Crippen MR) is 49.8 cm³/mol. The largest absolute Gasteiger partial charge is 0.291 e. The van der Waals surface area contributed by atoms with Gasteiger partial charge in [0.15, 0.2) is 0 Å². The first-order valence-corrected chi connectivity index (χ1v) is 5.03. The Balaban J connectivity index is 2.96. The van der Waals surface area contributed by atoms with Crippen molar-refractivity contribution < 1.29 is 5.21 Å². The summed E-state index contributed by atoms with van der Waals surface area (Å²) in [6, 6.07) is 0. The van der Waals surface area contributed by atoms with E-state index in [0.717, 1.165) is 12.8 Å². The van der Waals surface area contributed by atoms with Crippen molar-refractivity contribution in [1.82, 2.24) is 5.48 Å². The lowest BCUT2D eigenvalue weighted by atomic mass is 10.2. The Morgan fingerprint density at radius 1 is 1.60 bits per heavy atom. The number of thioether (sulfide) groups is 1. The summed E-state index contributed by atoms with van der Waals surface area (Å²) in [5.41, 5.74) is 1.97. The highest BCUT2D eigenvalue weighted by atomic mass is 32.2. The van der Waals surface area contributed by atoms with E-state index in [1.54, 1.807) is 0 Å². The van der Waals surface area contributed by atoms with Crippen molar-refractivity contribution in [3.63, 3.8) is 0 Å². The second-order valence-electron chi connectivity index (χ2n) is 1.98. The topological polar surface area (TPSA) is 32.3 Å². The van der Waals surface area contributed by atoms with E-state index < -0.39 is 0 Å². The molecule has 0 spiro atoms. The molecule has 0 aromatic heterocycles. The molecule has 0 radical (unpaired) electrons. The lowest BCUT2D eigenvalue weighted by Gasteiger charge is -1.99. The fourth-order valence-electron chi connectivity index (χ4n) is 0.588. The van der Waals surface area contributed by atoms with E-state index in [2.05, 4.69) is 6.26 Å². The van der Waals surface area contributed by atoms with Gasteiger partial charge in [0.25, 0.3) is 0 Å². The molecular formula is C6H13NOS2. The van der Waals surface area contributed by atoms with Gasteiger partial charge in [0.05, 0.1) is 0 Å². The van der Waals surface area contributed by atoms with Crippen LogP contribution in [0.4, 0.5) is 0 Å². The number of hydrogen-bond donors (Lipinski definition) is 2. The first-order valence-electron chi connectivity index (χ1n) is 3.23. The number of unbranched alkanes of at least 4 members (excludes halogenated alkanes) is 1. The molecule has 4 heteroatoms. The molecule has 0 aliphatic carbocycles.